The molecule has 0 saturated carbocycles. The highest BCUT2D eigenvalue weighted by molar-refractivity contribution is 8.26. The smallest absolute Gasteiger partial charge is 0.326 e. The molecular formula is C13H11NO6S2. The van der Waals surface area contributed by atoms with Gasteiger partial charge in [-0.25, -0.2) is 4.79 Å². The molecule has 2 heterocycles. The minimum Gasteiger partial charge on any atom is -0.481 e. The van der Waals surface area contributed by atoms with Gasteiger partial charge in [0.25, 0.3) is 5.91 Å². The zero-order valence-corrected chi connectivity index (χ0v) is 12.7. The van der Waals surface area contributed by atoms with Gasteiger partial charge in [0, 0.05) is 12.5 Å². The van der Waals surface area contributed by atoms with Crippen LogP contribution in [-0.2, 0) is 14.4 Å². The number of thioether (sulfide) groups is 1. The van der Waals surface area contributed by atoms with Gasteiger partial charge in [-0.2, -0.15) is 0 Å². The molecule has 1 aromatic heterocycles. The summed E-state index contributed by atoms with van der Waals surface area (Å²) in [5.74, 6) is -2.55. The van der Waals surface area contributed by atoms with Gasteiger partial charge in [0.1, 0.15) is 16.1 Å². The number of rotatable bonds is 6. The van der Waals surface area contributed by atoms with Gasteiger partial charge in [-0.1, -0.05) is 24.0 Å². The van der Waals surface area contributed by atoms with E-state index in [1.165, 1.54) is 12.3 Å². The number of carboxylic acids is 2. The van der Waals surface area contributed by atoms with E-state index < -0.39 is 23.9 Å². The van der Waals surface area contributed by atoms with E-state index in [4.69, 9.17) is 21.7 Å². The normalized spacial score (nSPS) is 18.0. The lowest BCUT2D eigenvalue weighted by Gasteiger charge is -2.22. The topological polar surface area (TPSA) is 108 Å². The van der Waals surface area contributed by atoms with E-state index in [1.807, 2.05) is 0 Å². The Balaban J connectivity index is 2.22. The van der Waals surface area contributed by atoms with Gasteiger partial charge in [0.15, 0.2) is 0 Å². The zero-order chi connectivity index (χ0) is 16.3. The summed E-state index contributed by atoms with van der Waals surface area (Å²) >= 11 is 6.01. The number of aliphatic carboxylic acids is 2. The molecule has 1 aliphatic rings. The fraction of sp³-hybridized carbons (Fsp3) is 0.231. The highest BCUT2D eigenvalue weighted by Gasteiger charge is 2.40. The number of hydrogen-bond acceptors (Lipinski definition) is 6. The summed E-state index contributed by atoms with van der Waals surface area (Å²) in [6, 6.07) is 2.00. The standard InChI is InChI=1S/C13H11NO6S2/c15-10(16)4-3-8(12(18)19)14-11(17)9(22-13(14)21)6-7-2-1-5-20-7/h1-2,5-6,8H,3-4H2,(H,15,16)(H,18,19)/b9-6+/t8-/m0/s1. The van der Waals surface area contributed by atoms with Gasteiger partial charge in [-0.05, 0) is 18.6 Å². The van der Waals surface area contributed by atoms with Gasteiger partial charge in [-0.3, -0.25) is 14.5 Å². The van der Waals surface area contributed by atoms with Crippen LogP contribution in [0.5, 0.6) is 0 Å². The SMILES string of the molecule is O=C(O)CC[C@@H](C(=O)O)N1C(=O)/C(=C\c2ccco2)SC1=S. The van der Waals surface area contributed by atoms with E-state index in [1.54, 1.807) is 12.1 Å². The van der Waals surface area contributed by atoms with Crippen molar-refractivity contribution in [2.24, 2.45) is 0 Å². The lowest BCUT2D eigenvalue weighted by molar-refractivity contribution is -0.146. The molecule has 22 heavy (non-hydrogen) atoms. The van der Waals surface area contributed by atoms with Crippen molar-refractivity contribution in [2.45, 2.75) is 18.9 Å². The van der Waals surface area contributed by atoms with E-state index in [0.717, 1.165) is 16.7 Å². The molecule has 1 fully saturated rings. The lowest BCUT2D eigenvalue weighted by Crippen LogP contribution is -2.44. The van der Waals surface area contributed by atoms with Crippen LogP contribution in [0.2, 0.25) is 0 Å². The Morgan fingerprint density at radius 3 is 2.73 bits per heavy atom. The molecule has 0 bridgehead atoms. The molecule has 116 valence electrons. The first-order valence-corrected chi connectivity index (χ1v) is 7.38. The van der Waals surface area contributed by atoms with Gasteiger partial charge >= 0.3 is 11.9 Å². The molecule has 1 saturated heterocycles. The van der Waals surface area contributed by atoms with E-state index in [0.29, 0.717) is 5.76 Å². The number of thiocarbonyl (C=S) groups is 1. The Morgan fingerprint density at radius 1 is 1.45 bits per heavy atom. The van der Waals surface area contributed by atoms with Crippen molar-refractivity contribution in [3.63, 3.8) is 0 Å². The number of amides is 1. The highest BCUT2D eigenvalue weighted by atomic mass is 32.2. The van der Waals surface area contributed by atoms with Gasteiger partial charge in [-0.15, -0.1) is 0 Å². The summed E-state index contributed by atoms with van der Waals surface area (Å²) in [5, 5.41) is 17.9. The summed E-state index contributed by atoms with van der Waals surface area (Å²) < 4.78 is 5.19. The fourth-order valence-electron chi connectivity index (χ4n) is 1.87. The molecule has 9 heteroatoms. The van der Waals surface area contributed by atoms with Crippen molar-refractivity contribution in [3.8, 4) is 0 Å². The molecule has 1 aromatic rings. The van der Waals surface area contributed by atoms with Crippen molar-refractivity contribution in [1.29, 1.82) is 0 Å². The van der Waals surface area contributed by atoms with Gasteiger partial charge in [0.2, 0.25) is 0 Å². The summed E-state index contributed by atoms with van der Waals surface area (Å²) in [4.78, 5) is 35.5. The maximum Gasteiger partial charge on any atom is 0.326 e. The number of carboxylic acid groups (broad SMARTS) is 2. The first-order chi connectivity index (χ1) is 10.4. The van der Waals surface area contributed by atoms with Crippen LogP contribution in [0.15, 0.2) is 27.7 Å². The summed E-state index contributed by atoms with van der Waals surface area (Å²) in [6.45, 7) is 0. The molecule has 2 rings (SSSR count). The van der Waals surface area contributed by atoms with E-state index in [9.17, 15) is 19.5 Å². The third-order valence-electron chi connectivity index (χ3n) is 2.87. The van der Waals surface area contributed by atoms with Crippen LogP contribution in [0.25, 0.3) is 6.08 Å². The van der Waals surface area contributed by atoms with Crippen molar-refractivity contribution in [2.75, 3.05) is 0 Å². The van der Waals surface area contributed by atoms with E-state index >= 15 is 0 Å². The Hall–Kier alpha value is -2.13. The number of carbonyl (C=O) groups is 3. The molecular weight excluding hydrogens is 330 g/mol. The lowest BCUT2D eigenvalue weighted by atomic mass is 10.1. The summed E-state index contributed by atoms with van der Waals surface area (Å²) in [5.41, 5.74) is 0. The predicted molar refractivity (Wildman–Crippen MR) is 82.0 cm³/mol. The number of furan rings is 1. The van der Waals surface area contributed by atoms with Gasteiger partial charge in [0.05, 0.1) is 11.2 Å². The minimum atomic E-state index is -1.30. The Bertz CT molecular complexity index is 651. The molecule has 0 aromatic carbocycles. The van der Waals surface area contributed by atoms with Crippen molar-refractivity contribution < 1.29 is 29.0 Å². The molecule has 0 radical (unpaired) electrons. The van der Waals surface area contributed by atoms with Crippen LogP contribution in [-0.4, -0.2) is 43.3 Å². The van der Waals surface area contributed by atoms with Crippen LogP contribution in [0.1, 0.15) is 18.6 Å². The predicted octanol–water partition coefficient (Wildman–Crippen LogP) is 1.80. The summed E-state index contributed by atoms with van der Waals surface area (Å²) in [7, 11) is 0. The Labute approximate surface area is 134 Å². The van der Waals surface area contributed by atoms with Crippen molar-refractivity contribution in [1.82, 2.24) is 4.90 Å². The molecule has 1 atom stereocenters. The van der Waals surface area contributed by atoms with E-state index in [-0.39, 0.29) is 22.1 Å². The van der Waals surface area contributed by atoms with Gasteiger partial charge < -0.3 is 14.6 Å². The van der Waals surface area contributed by atoms with Crippen LogP contribution < -0.4 is 0 Å². The molecule has 0 aliphatic carbocycles. The Morgan fingerprint density at radius 2 is 2.18 bits per heavy atom. The molecule has 7 nitrogen and oxygen atoms in total. The third kappa shape index (κ3) is 3.55. The monoisotopic (exact) mass is 341 g/mol. The first kappa shape index (κ1) is 16.2. The maximum absolute atomic E-state index is 12.3. The second kappa shape index (κ2) is 6.75. The largest absolute Gasteiger partial charge is 0.481 e. The average Bonchev–Trinajstić information content (AvgIpc) is 3.02. The van der Waals surface area contributed by atoms with Crippen LogP contribution >= 0.6 is 24.0 Å². The number of carbonyl (C=O) groups excluding carboxylic acids is 1. The third-order valence-corrected chi connectivity index (χ3v) is 4.20. The first-order valence-electron chi connectivity index (χ1n) is 6.15. The van der Waals surface area contributed by atoms with E-state index in [2.05, 4.69) is 0 Å². The number of hydrogen-bond donors (Lipinski definition) is 2. The number of nitrogens with zero attached hydrogens (tertiary/aromatic N) is 1. The van der Waals surface area contributed by atoms with Crippen LogP contribution in [0.3, 0.4) is 0 Å². The molecule has 1 aliphatic heterocycles. The molecule has 2 N–H and O–H groups in total. The van der Waals surface area contributed by atoms with Crippen molar-refractivity contribution >= 4 is 52.2 Å². The van der Waals surface area contributed by atoms with Crippen LogP contribution in [0.4, 0.5) is 0 Å². The average molecular weight is 341 g/mol. The molecule has 1 amide bonds. The quantitative estimate of drug-likeness (QED) is 0.596. The Kier molecular flexibility index (Phi) is 4.99. The maximum atomic E-state index is 12.3. The van der Waals surface area contributed by atoms with Crippen molar-refractivity contribution in [3.05, 3.63) is 29.1 Å². The molecule has 0 spiro atoms. The highest BCUT2D eigenvalue weighted by Crippen LogP contribution is 2.34. The summed E-state index contributed by atoms with van der Waals surface area (Å²) in [6.07, 6.45) is 2.32. The zero-order valence-electron chi connectivity index (χ0n) is 11.1. The fourth-order valence-corrected chi connectivity index (χ4v) is 3.21. The second-order valence-electron chi connectivity index (χ2n) is 4.35. The van der Waals surface area contributed by atoms with Crippen LogP contribution in [0, 0.1) is 0 Å². The minimum absolute atomic E-state index is 0.0839. The molecule has 0 unspecified atom stereocenters. The second-order valence-corrected chi connectivity index (χ2v) is 6.03.